The van der Waals surface area contributed by atoms with Crippen molar-refractivity contribution in [2.24, 2.45) is 29.6 Å². The maximum Gasteiger partial charge on any atom is 0.303 e. The lowest BCUT2D eigenvalue weighted by Crippen LogP contribution is -2.44. The van der Waals surface area contributed by atoms with Gasteiger partial charge >= 0.3 is 5.97 Å². The fraction of sp³-hybridized carbons (Fsp3) is 0.938. The molecule has 3 aliphatic rings. The Labute approximate surface area is 110 Å². The summed E-state index contributed by atoms with van der Waals surface area (Å²) < 4.78 is 5.68. The molecule has 0 heterocycles. The second-order valence-corrected chi connectivity index (χ2v) is 7.19. The van der Waals surface area contributed by atoms with Crippen molar-refractivity contribution in [2.45, 2.75) is 64.9 Å². The van der Waals surface area contributed by atoms with Crippen LogP contribution >= 0.6 is 0 Å². The molecule has 0 amide bonds. The molecule has 0 N–H and O–H groups in total. The van der Waals surface area contributed by atoms with Crippen LogP contribution in [0.5, 0.6) is 0 Å². The third-order valence-electron chi connectivity index (χ3n) is 6.12. The number of esters is 1. The Hall–Kier alpha value is -0.530. The molecule has 5 unspecified atom stereocenters. The molecular formula is C16H26O2. The Morgan fingerprint density at radius 1 is 1.22 bits per heavy atom. The fourth-order valence-electron chi connectivity index (χ4n) is 5.69. The van der Waals surface area contributed by atoms with Gasteiger partial charge in [-0.05, 0) is 43.4 Å². The van der Waals surface area contributed by atoms with E-state index >= 15 is 0 Å². The van der Waals surface area contributed by atoms with Crippen LogP contribution in [0.15, 0.2) is 0 Å². The van der Waals surface area contributed by atoms with Crippen LogP contribution < -0.4 is 0 Å². The van der Waals surface area contributed by atoms with Gasteiger partial charge in [0.15, 0.2) is 0 Å². The van der Waals surface area contributed by atoms with Gasteiger partial charge in [0.1, 0.15) is 5.60 Å². The molecular weight excluding hydrogens is 224 g/mol. The van der Waals surface area contributed by atoms with Gasteiger partial charge in [0, 0.05) is 12.8 Å². The monoisotopic (exact) mass is 250 g/mol. The first-order chi connectivity index (χ1) is 8.51. The summed E-state index contributed by atoms with van der Waals surface area (Å²) in [5.74, 6) is 3.96. The molecule has 3 saturated carbocycles. The minimum atomic E-state index is -0.162. The zero-order valence-electron chi connectivity index (χ0n) is 11.9. The van der Waals surface area contributed by atoms with E-state index in [0.717, 1.165) is 30.1 Å². The normalized spacial score (nSPS) is 47.7. The Kier molecular flexibility index (Phi) is 2.95. The van der Waals surface area contributed by atoms with Crippen LogP contribution in [0.3, 0.4) is 0 Å². The van der Waals surface area contributed by atoms with Gasteiger partial charge in [-0.1, -0.05) is 32.6 Å². The molecule has 0 aliphatic heterocycles. The molecule has 2 nitrogen and oxygen atoms in total. The lowest BCUT2D eigenvalue weighted by atomic mass is 9.68. The minimum absolute atomic E-state index is 0.102. The Morgan fingerprint density at radius 2 is 1.89 bits per heavy atom. The van der Waals surface area contributed by atoms with Crippen LogP contribution in [-0.2, 0) is 9.53 Å². The highest BCUT2D eigenvalue weighted by atomic mass is 16.6. The van der Waals surface area contributed by atoms with Crippen LogP contribution in [0, 0.1) is 29.6 Å². The van der Waals surface area contributed by atoms with Crippen molar-refractivity contribution >= 4 is 5.97 Å². The zero-order chi connectivity index (χ0) is 12.9. The van der Waals surface area contributed by atoms with Crippen LogP contribution in [0.25, 0.3) is 0 Å². The number of rotatable bonds is 2. The largest absolute Gasteiger partial charge is 0.459 e. The average Bonchev–Trinajstić information content (AvgIpc) is 2.90. The summed E-state index contributed by atoms with van der Waals surface area (Å²) in [5.41, 5.74) is -0.162. The number of hydrogen-bond donors (Lipinski definition) is 0. The van der Waals surface area contributed by atoms with E-state index in [1.54, 1.807) is 6.92 Å². The van der Waals surface area contributed by atoms with Crippen molar-refractivity contribution in [1.29, 1.82) is 0 Å². The van der Waals surface area contributed by atoms with Gasteiger partial charge in [0.2, 0.25) is 0 Å². The third kappa shape index (κ3) is 1.80. The summed E-state index contributed by atoms with van der Waals surface area (Å²) in [6.45, 7) is 6.13. The maximum absolute atomic E-state index is 11.3. The number of carbonyl (C=O) groups excluding carboxylic acids is 1. The van der Waals surface area contributed by atoms with Crippen molar-refractivity contribution in [3.05, 3.63) is 0 Å². The Bertz CT molecular complexity index is 343. The topological polar surface area (TPSA) is 26.3 Å². The first-order valence-electron chi connectivity index (χ1n) is 7.71. The van der Waals surface area contributed by atoms with E-state index in [4.69, 9.17) is 4.74 Å². The predicted octanol–water partition coefficient (Wildman–Crippen LogP) is 3.79. The van der Waals surface area contributed by atoms with Crippen molar-refractivity contribution < 1.29 is 9.53 Å². The van der Waals surface area contributed by atoms with Gasteiger partial charge < -0.3 is 4.74 Å². The molecule has 0 saturated heterocycles. The Balaban J connectivity index is 1.75. The fourth-order valence-corrected chi connectivity index (χ4v) is 5.69. The zero-order valence-corrected chi connectivity index (χ0v) is 11.9. The van der Waals surface area contributed by atoms with Crippen molar-refractivity contribution in [3.8, 4) is 0 Å². The summed E-state index contributed by atoms with van der Waals surface area (Å²) in [4.78, 5) is 11.3. The van der Waals surface area contributed by atoms with Gasteiger partial charge in [0.25, 0.3) is 0 Å². The highest BCUT2D eigenvalue weighted by Crippen LogP contribution is 2.61. The lowest BCUT2D eigenvalue weighted by Gasteiger charge is -2.42. The van der Waals surface area contributed by atoms with Gasteiger partial charge in [-0.3, -0.25) is 4.79 Å². The molecule has 0 radical (unpaired) electrons. The molecule has 18 heavy (non-hydrogen) atoms. The first-order valence-corrected chi connectivity index (χ1v) is 7.71. The van der Waals surface area contributed by atoms with Crippen molar-refractivity contribution in [2.75, 3.05) is 0 Å². The second-order valence-electron chi connectivity index (χ2n) is 7.19. The summed E-state index contributed by atoms with van der Waals surface area (Å²) in [7, 11) is 0. The minimum Gasteiger partial charge on any atom is -0.459 e. The molecule has 0 aromatic heterocycles. The van der Waals surface area contributed by atoms with Crippen LogP contribution in [0.1, 0.15) is 59.3 Å². The lowest BCUT2D eigenvalue weighted by molar-refractivity contribution is -0.164. The van der Waals surface area contributed by atoms with E-state index in [2.05, 4.69) is 13.8 Å². The summed E-state index contributed by atoms with van der Waals surface area (Å²) in [5, 5.41) is 0. The molecule has 2 bridgehead atoms. The molecule has 3 rings (SSSR count). The Morgan fingerprint density at radius 3 is 2.44 bits per heavy atom. The van der Waals surface area contributed by atoms with Crippen LogP contribution in [0.2, 0.25) is 0 Å². The summed E-state index contributed by atoms with van der Waals surface area (Å²) in [6, 6.07) is 0. The molecule has 3 aliphatic carbocycles. The van der Waals surface area contributed by atoms with E-state index in [-0.39, 0.29) is 11.6 Å². The number of fused-ring (bicyclic) bond motifs is 2. The van der Waals surface area contributed by atoms with Gasteiger partial charge in [-0.2, -0.15) is 0 Å². The smallest absolute Gasteiger partial charge is 0.303 e. The molecule has 0 spiro atoms. The van der Waals surface area contributed by atoms with Crippen LogP contribution in [0.4, 0.5) is 0 Å². The predicted molar refractivity (Wildman–Crippen MR) is 71.0 cm³/mol. The highest BCUT2D eigenvalue weighted by Gasteiger charge is 2.59. The molecule has 5 atom stereocenters. The van der Waals surface area contributed by atoms with E-state index < -0.39 is 0 Å². The van der Waals surface area contributed by atoms with E-state index in [1.165, 1.54) is 32.1 Å². The molecule has 3 fully saturated rings. The quantitative estimate of drug-likeness (QED) is 0.697. The maximum atomic E-state index is 11.3. The van der Waals surface area contributed by atoms with E-state index in [1.807, 2.05) is 0 Å². The standard InChI is InChI=1S/C16H26O2/c1-10-14-8-13(9-16(14,3)18-11(2)17)15(10)12-6-4-5-7-12/h10,12-15H,4-9H2,1-3H3. The SMILES string of the molecule is CC(=O)OC1(C)CC2CC1C(C)C2C1CCCC1. The van der Waals surface area contributed by atoms with Gasteiger partial charge in [0.05, 0.1) is 0 Å². The van der Waals surface area contributed by atoms with E-state index in [0.29, 0.717) is 5.92 Å². The third-order valence-corrected chi connectivity index (χ3v) is 6.12. The van der Waals surface area contributed by atoms with E-state index in [9.17, 15) is 4.79 Å². The molecule has 0 aromatic carbocycles. The van der Waals surface area contributed by atoms with Crippen molar-refractivity contribution in [3.63, 3.8) is 0 Å². The second kappa shape index (κ2) is 4.25. The molecule has 2 heteroatoms. The summed E-state index contributed by atoms with van der Waals surface area (Å²) in [6.07, 6.45) is 8.18. The van der Waals surface area contributed by atoms with Crippen LogP contribution in [-0.4, -0.2) is 11.6 Å². The van der Waals surface area contributed by atoms with Crippen molar-refractivity contribution in [1.82, 2.24) is 0 Å². The number of hydrogen-bond acceptors (Lipinski definition) is 2. The average molecular weight is 250 g/mol. The number of carbonyl (C=O) groups is 1. The molecule has 0 aromatic rings. The first kappa shape index (κ1) is 12.5. The van der Waals surface area contributed by atoms with Gasteiger partial charge in [-0.25, -0.2) is 0 Å². The molecule has 102 valence electrons. The highest BCUT2D eigenvalue weighted by molar-refractivity contribution is 5.66. The van der Waals surface area contributed by atoms with Gasteiger partial charge in [-0.15, -0.1) is 0 Å². The number of ether oxygens (including phenoxy) is 1. The summed E-state index contributed by atoms with van der Waals surface area (Å²) >= 11 is 0.